The minimum absolute atomic E-state index is 0.141. The molecule has 0 radical (unpaired) electrons. The van der Waals surface area contributed by atoms with Gasteiger partial charge in [0, 0.05) is 25.2 Å². The average Bonchev–Trinajstić information content (AvgIpc) is 3.20. The standard InChI is InChI=1S/C17H16Cl3N3O2/c1-22-14(9-12(19)15(22)20)16(24)21-13-5-4-10(18)8-11(13)17(25)23-6-2-3-7-23/h4-5,8-9H,2-3,6-7H2,1H3,(H,21,24). The minimum atomic E-state index is -0.408. The van der Waals surface area contributed by atoms with Crippen LogP contribution in [0.3, 0.4) is 0 Å². The topological polar surface area (TPSA) is 54.3 Å². The van der Waals surface area contributed by atoms with Crippen LogP contribution in [0.25, 0.3) is 0 Å². The first-order valence-corrected chi connectivity index (χ1v) is 8.92. The molecular formula is C17H16Cl3N3O2. The number of carbonyl (C=O) groups is 2. The van der Waals surface area contributed by atoms with Crippen LogP contribution in [-0.2, 0) is 7.05 Å². The highest BCUT2D eigenvalue weighted by Crippen LogP contribution is 2.27. The number of halogens is 3. The number of nitrogens with one attached hydrogen (secondary N) is 1. The third-order valence-corrected chi connectivity index (χ3v) is 5.28. The number of hydrogen-bond acceptors (Lipinski definition) is 2. The van der Waals surface area contributed by atoms with Crippen molar-refractivity contribution in [3.63, 3.8) is 0 Å². The molecule has 0 unspecified atom stereocenters. The molecule has 2 aromatic rings. The maximum absolute atomic E-state index is 12.7. The van der Waals surface area contributed by atoms with Crippen LogP contribution in [0.4, 0.5) is 5.69 Å². The SMILES string of the molecule is Cn1c(C(=O)Nc2ccc(Cl)cc2C(=O)N2CCCC2)cc(Cl)c1Cl. The molecule has 0 atom stereocenters. The van der Waals surface area contributed by atoms with Gasteiger partial charge < -0.3 is 14.8 Å². The molecule has 1 aliphatic heterocycles. The summed E-state index contributed by atoms with van der Waals surface area (Å²) in [6.07, 6.45) is 1.96. The van der Waals surface area contributed by atoms with E-state index in [0.717, 1.165) is 12.8 Å². The molecule has 2 heterocycles. The number of anilines is 1. The predicted octanol–water partition coefficient (Wildman–Crippen LogP) is 4.47. The van der Waals surface area contributed by atoms with E-state index in [2.05, 4.69) is 5.32 Å². The van der Waals surface area contributed by atoms with Crippen LogP contribution >= 0.6 is 34.8 Å². The maximum atomic E-state index is 12.7. The molecule has 5 nitrogen and oxygen atoms in total. The molecule has 1 N–H and O–H groups in total. The zero-order chi connectivity index (χ0) is 18.1. The van der Waals surface area contributed by atoms with Gasteiger partial charge in [-0.25, -0.2) is 0 Å². The molecule has 0 aliphatic carbocycles. The van der Waals surface area contributed by atoms with Crippen molar-refractivity contribution in [1.29, 1.82) is 0 Å². The van der Waals surface area contributed by atoms with Gasteiger partial charge in [0.2, 0.25) is 0 Å². The summed E-state index contributed by atoms with van der Waals surface area (Å²) in [6, 6.07) is 6.30. The fraction of sp³-hybridized carbons (Fsp3) is 0.294. The third kappa shape index (κ3) is 3.64. The minimum Gasteiger partial charge on any atom is -0.339 e. The van der Waals surface area contributed by atoms with Gasteiger partial charge in [0.25, 0.3) is 11.8 Å². The van der Waals surface area contributed by atoms with E-state index >= 15 is 0 Å². The Morgan fingerprint density at radius 1 is 1.08 bits per heavy atom. The van der Waals surface area contributed by atoms with Crippen molar-refractivity contribution in [2.24, 2.45) is 7.05 Å². The third-order valence-electron chi connectivity index (χ3n) is 4.20. The predicted molar refractivity (Wildman–Crippen MR) is 100.0 cm³/mol. The lowest BCUT2D eigenvalue weighted by Gasteiger charge is -2.18. The van der Waals surface area contributed by atoms with Gasteiger partial charge in [-0.15, -0.1) is 0 Å². The second-order valence-corrected chi connectivity index (χ2v) is 7.07. The Kier molecular flexibility index (Phi) is 5.27. The van der Waals surface area contributed by atoms with E-state index < -0.39 is 5.91 Å². The second kappa shape index (κ2) is 7.28. The van der Waals surface area contributed by atoms with E-state index in [9.17, 15) is 9.59 Å². The van der Waals surface area contributed by atoms with Crippen molar-refractivity contribution in [2.45, 2.75) is 12.8 Å². The Balaban J connectivity index is 1.90. The largest absolute Gasteiger partial charge is 0.339 e. The highest BCUT2D eigenvalue weighted by molar-refractivity contribution is 6.42. The summed E-state index contributed by atoms with van der Waals surface area (Å²) in [5.41, 5.74) is 1.07. The van der Waals surface area contributed by atoms with Gasteiger partial charge in [0.05, 0.1) is 16.3 Å². The molecule has 1 aromatic carbocycles. The summed E-state index contributed by atoms with van der Waals surface area (Å²) in [7, 11) is 1.64. The molecule has 0 spiro atoms. The monoisotopic (exact) mass is 399 g/mol. The van der Waals surface area contributed by atoms with Crippen molar-refractivity contribution in [3.05, 3.63) is 50.7 Å². The van der Waals surface area contributed by atoms with Gasteiger partial charge in [-0.1, -0.05) is 34.8 Å². The summed E-state index contributed by atoms with van der Waals surface area (Å²) in [6.45, 7) is 1.42. The van der Waals surface area contributed by atoms with Crippen LogP contribution in [0.2, 0.25) is 15.2 Å². The fourth-order valence-electron chi connectivity index (χ4n) is 2.84. The van der Waals surface area contributed by atoms with Crippen LogP contribution in [-0.4, -0.2) is 34.4 Å². The van der Waals surface area contributed by atoms with Crippen molar-refractivity contribution in [2.75, 3.05) is 18.4 Å². The number of benzene rings is 1. The zero-order valence-corrected chi connectivity index (χ0v) is 15.8. The number of hydrogen-bond donors (Lipinski definition) is 1. The molecule has 1 saturated heterocycles. The quantitative estimate of drug-likeness (QED) is 0.826. The van der Waals surface area contributed by atoms with E-state index in [4.69, 9.17) is 34.8 Å². The van der Waals surface area contributed by atoms with Crippen molar-refractivity contribution in [1.82, 2.24) is 9.47 Å². The normalized spacial score (nSPS) is 14.0. The summed E-state index contributed by atoms with van der Waals surface area (Å²) in [5.74, 6) is -0.549. The first-order chi connectivity index (χ1) is 11.9. The van der Waals surface area contributed by atoms with Gasteiger partial charge in [-0.05, 0) is 37.1 Å². The molecule has 1 aliphatic rings. The van der Waals surface area contributed by atoms with Gasteiger partial charge in [-0.2, -0.15) is 0 Å². The second-order valence-electron chi connectivity index (χ2n) is 5.87. The van der Waals surface area contributed by atoms with Gasteiger partial charge in [0.1, 0.15) is 10.8 Å². The molecular weight excluding hydrogens is 385 g/mol. The highest BCUT2D eigenvalue weighted by atomic mass is 35.5. The van der Waals surface area contributed by atoms with Crippen LogP contribution in [0.5, 0.6) is 0 Å². The molecule has 1 fully saturated rings. The maximum Gasteiger partial charge on any atom is 0.272 e. The Hall–Kier alpha value is -1.69. The Bertz CT molecular complexity index is 842. The van der Waals surface area contributed by atoms with E-state index in [-0.39, 0.29) is 11.1 Å². The van der Waals surface area contributed by atoms with E-state index in [1.54, 1.807) is 30.1 Å². The van der Waals surface area contributed by atoms with E-state index in [1.807, 2.05) is 0 Å². The first kappa shape index (κ1) is 18.1. The molecule has 25 heavy (non-hydrogen) atoms. The van der Waals surface area contributed by atoms with Crippen molar-refractivity contribution in [3.8, 4) is 0 Å². The molecule has 8 heteroatoms. The Morgan fingerprint density at radius 3 is 2.36 bits per heavy atom. The van der Waals surface area contributed by atoms with Gasteiger partial charge in [0.15, 0.2) is 0 Å². The van der Waals surface area contributed by atoms with Crippen LogP contribution < -0.4 is 5.32 Å². The molecule has 0 saturated carbocycles. The lowest BCUT2D eigenvalue weighted by atomic mass is 10.1. The van der Waals surface area contributed by atoms with Crippen LogP contribution in [0.15, 0.2) is 24.3 Å². The number of likely N-dealkylation sites (tertiary alicyclic amines) is 1. The van der Waals surface area contributed by atoms with Crippen LogP contribution in [0.1, 0.15) is 33.7 Å². The molecule has 3 rings (SSSR count). The molecule has 1 aromatic heterocycles. The number of amides is 2. The van der Waals surface area contributed by atoms with E-state index in [1.165, 1.54) is 10.6 Å². The summed E-state index contributed by atoms with van der Waals surface area (Å²) >= 11 is 18.0. The number of carbonyl (C=O) groups excluding carboxylic acids is 2. The number of rotatable bonds is 3. The lowest BCUT2D eigenvalue weighted by Crippen LogP contribution is -2.29. The smallest absolute Gasteiger partial charge is 0.272 e. The Morgan fingerprint density at radius 2 is 1.76 bits per heavy atom. The molecule has 132 valence electrons. The Labute approximate surface area is 160 Å². The number of nitrogens with zero attached hydrogens (tertiary/aromatic N) is 2. The van der Waals surface area contributed by atoms with Crippen LogP contribution in [0, 0.1) is 0 Å². The summed E-state index contributed by atoms with van der Waals surface area (Å²) in [5, 5.41) is 3.76. The number of aromatic nitrogens is 1. The van der Waals surface area contributed by atoms with E-state index in [0.29, 0.717) is 40.1 Å². The summed E-state index contributed by atoms with van der Waals surface area (Å²) < 4.78 is 1.48. The fourth-order valence-corrected chi connectivity index (χ4v) is 3.39. The zero-order valence-electron chi connectivity index (χ0n) is 13.5. The van der Waals surface area contributed by atoms with Gasteiger partial charge >= 0.3 is 0 Å². The highest BCUT2D eigenvalue weighted by Gasteiger charge is 2.24. The average molecular weight is 401 g/mol. The lowest BCUT2D eigenvalue weighted by molar-refractivity contribution is 0.0794. The van der Waals surface area contributed by atoms with Crippen molar-refractivity contribution < 1.29 is 9.59 Å². The van der Waals surface area contributed by atoms with Crippen molar-refractivity contribution >= 4 is 52.3 Å². The van der Waals surface area contributed by atoms with Gasteiger partial charge in [-0.3, -0.25) is 9.59 Å². The molecule has 2 amide bonds. The first-order valence-electron chi connectivity index (χ1n) is 7.79. The molecule has 0 bridgehead atoms. The summed E-state index contributed by atoms with van der Waals surface area (Å²) in [4.78, 5) is 27.1.